The van der Waals surface area contributed by atoms with Gasteiger partial charge in [-0.25, -0.2) is 9.18 Å². The number of ether oxygens (including phenoxy) is 1. The summed E-state index contributed by atoms with van der Waals surface area (Å²) in [6, 6.07) is 2.02. The number of halogens is 1. The second kappa shape index (κ2) is 6.08. The number of rotatable bonds is 5. The van der Waals surface area contributed by atoms with Crippen molar-refractivity contribution in [2.75, 3.05) is 19.0 Å². The minimum absolute atomic E-state index is 0.0243. The number of benzene rings is 1. The maximum absolute atomic E-state index is 13.0. The Kier molecular flexibility index (Phi) is 4.75. The zero-order valence-corrected chi connectivity index (χ0v) is 9.64. The van der Waals surface area contributed by atoms with Gasteiger partial charge in [0, 0.05) is 7.11 Å². The van der Waals surface area contributed by atoms with E-state index in [2.05, 4.69) is 10.1 Å². The summed E-state index contributed by atoms with van der Waals surface area (Å²) >= 11 is 0. The molecule has 1 amide bonds. The number of anilines is 1. The van der Waals surface area contributed by atoms with E-state index in [4.69, 9.17) is 10.8 Å². The van der Waals surface area contributed by atoms with E-state index in [0.29, 0.717) is 0 Å². The molecule has 6 nitrogen and oxygen atoms in total. The van der Waals surface area contributed by atoms with E-state index in [9.17, 15) is 14.0 Å². The molecule has 0 fully saturated rings. The molecule has 0 bridgehead atoms. The monoisotopic (exact) mass is 256 g/mol. The lowest BCUT2D eigenvalue weighted by Crippen LogP contribution is -2.39. The number of aromatic carboxylic acids is 1. The summed E-state index contributed by atoms with van der Waals surface area (Å²) in [5.74, 6) is -2.58. The molecule has 0 radical (unpaired) electrons. The van der Waals surface area contributed by atoms with Crippen molar-refractivity contribution in [1.82, 2.24) is 0 Å². The van der Waals surface area contributed by atoms with Gasteiger partial charge in [-0.05, 0) is 18.2 Å². The van der Waals surface area contributed by atoms with Crippen molar-refractivity contribution in [3.63, 3.8) is 0 Å². The van der Waals surface area contributed by atoms with Gasteiger partial charge in [-0.15, -0.1) is 0 Å². The van der Waals surface area contributed by atoms with E-state index >= 15 is 0 Å². The third-order valence-electron chi connectivity index (χ3n) is 2.15. The van der Waals surface area contributed by atoms with Crippen LogP contribution in [-0.2, 0) is 9.53 Å². The molecular formula is C11H13FN2O4. The van der Waals surface area contributed by atoms with Gasteiger partial charge in [-0.2, -0.15) is 0 Å². The number of carboxylic acid groups (broad SMARTS) is 1. The molecule has 18 heavy (non-hydrogen) atoms. The number of carbonyl (C=O) groups excluding carboxylic acids is 1. The van der Waals surface area contributed by atoms with Crippen LogP contribution in [-0.4, -0.2) is 36.7 Å². The summed E-state index contributed by atoms with van der Waals surface area (Å²) in [6.07, 6.45) is 0. The van der Waals surface area contributed by atoms with Gasteiger partial charge in [0.1, 0.15) is 11.9 Å². The van der Waals surface area contributed by atoms with Gasteiger partial charge in [-0.1, -0.05) is 0 Å². The average Bonchev–Trinajstić information content (AvgIpc) is 2.28. The topological polar surface area (TPSA) is 102 Å². The van der Waals surface area contributed by atoms with E-state index in [1.54, 1.807) is 0 Å². The zero-order valence-electron chi connectivity index (χ0n) is 9.64. The summed E-state index contributed by atoms with van der Waals surface area (Å²) in [7, 11) is 1.37. The highest BCUT2D eigenvalue weighted by Gasteiger charge is 2.17. The Hall–Kier alpha value is -1.99. The van der Waals surface area contributed by atoms with Crippen LogP contribution in [0.1, 0.15) is 10.4 Å². The smallest absolute Gasteiger partial charge is 0.337 e. The maximum Gasteiger partial charge on any atom is 0.337 e. The number of methoxy groups -OCH3 is 1. The third-order valence-corrected chi connectivity index (χ3v) is 2.15. The molecular weight excluding hydrogens is 243 g/mol. The van der Waals surface area contributed by atoms with Crippen LogP contribution in [0.2, 0.25) is 0 Å². The maximum atomic E-state index is 13.0. The minimum Gasteiger partial charge on any atom is -0.478 e. The van der Waals surface area contributed by atoms with Crippen molar-refractivity contribution >= 4 is 17.6 Å². The van der Waals surface area contributed by atoms with Crippen LogP contribution < -0.4 is 11.1 Å². The van der Waals surface area contributed by atoms with Crippen LogP contribution in [0.5, 0.6) is 0 Å². The summed E-state index contributed by atoms with van der Waals surface area (Å²) in [5.41, 5.74) is 5.11. The molecule has 1 aromatic carbocycles. The first-order valence-corrected chi connectivity index (χ1v) is 5.04. The molecule has 1 unspecified atom stereocenters. The fourth-order valence-corrected chi connectivity index (χ4v) is 1.29. The van der Waals surface area contributed by atoms with Crippen molar-refractivity contribution in [1.29, 1.82) is 0 Å². The second-order valence-corrected chi connectivity index (χ2v) is 3.55. The molecule has 0 saturated carbocycles. The Balaban J connectivity index is 2.92. The van der Waals surface area contributed by atoms with Crippen molar-refractivity contribution in [3.8, 4) is 0 Å². The van der Waals surface area contributed by atoms with Crippen LogP contribution in [0.3, 0.4) is 0 Å². The van der Waals surface area contributed by atoms with E-state index in [1.807, 2.05) is 0 Å². The number of carbonyl (C=O) groups is 2. The lowest BCUT2D eigenvalue weighted by molar-refractivity contribution is -0.118. The zero-order chi connectivity index (χ0) is 13.7. The first kappa shape index (κ1) is 14.1. The summed E-state index contributed by atoms with van der Waals surface area (Å²) in [6.45, 7) is -0.0243. The molecule has 0 aromatic heterocycles. The lowest BCUT2D eigenvalue weighted by atomic mass is 10.1. The molecule has 0 aliphatic heterocycles. The number of nitrogens with one attached hydrogen (secondary N) is 1. The number of hydrogen-bond acceptors (Lipinski definition) is 4. The van der Waals surface area contributed by atoms with Gasteiger partial charge in [-0.3, -0.25) is 4.79 Å². The van der Waals surface area contributed by atoms with Crippen LogP contribution in [0.15, 0.2) is 18.2 Å². The first-order chi connectivity index (χ1) is 8.45. The fraction of sp³-hybridized carbons (Fsp3) is 0.273. The fourth-order valence-electron chi connectivity index (χ4n) is 1.29. The Morgan fingerprint density at radius 3 is 2.78 bits per heavy atom. The molecule has 0 saturated heterocycles. The summed E-state index contributed by atoms with van der Waals surface area (Å²) in [5, 5.41) is 11.1. The van der Waals surface area contributed by atoms with Gasteiger partial charge in [0.15, 0.2) is 0 Å². The Bertz CT molecular complexity index is 464. The van der Waals surface area contributed by atoms with E-state index < -0.39 is 23.7 Å². The number of amides is 1. The highest BCUT2D eigenvalue weighted by atomic mass is 19.1. The predicted molar refractivity (Wildman–Crippen MR) is 61.8 cm³/mol. The van der Waals surface area contributed by atoms with Crippen molar-refractivity contribution < 1.29 is 23.8 Å². The third kappa shape index (κ3) is 3.51. The van der Waals surface area contributed by atoms with Gasteiger partial charge in [0.05, 0.1) is 17.9 Å². The predicted octanol–water partition coefficient (Wildman–Crippen LogP) is 0.436. The molecule has 4 N–H and O–H groups in total. The Morgan fingerprint density at radius 1 is 1.56 bits per heavy atom. The second-order valence-electron chi connectivity index (χ2n) is 3.55. The first-order valence-electron chi connectivity index (χ1n) is 5.04. The van der Waals surface area contributed by atoms with Gasteiger partial charge in [0.25, 0.3) is 0 Å². The minimum atomic E-state index is -1.27. The van der Waals surface area contributed by atoms with Crippen LogP contribution in [0, 0.1) is 5.82 Å². The summed E-state index contributed by atoms with van der Waals surface area (Å²) < 4.78 is 17.7. The SMILES string of the molecule is COCC(N)C(=O)Nc1cc(F)ccc1C(=O)O. The van der Waals surface area contributed by atoms with Crippen LogP contribution >= 0.6 is 0 Å². The van der Waals surface area contributed by atoms with Gasteiger partial charge < -0.3 is 20.9 Å². The normalized spacial score (nSPS) is 11.9. The number of nitrogens with two attached hydrogens (primary N) is 1. The van der Waals surface area contributed by atoms with E-state index in [1.165, 1.54) is 7.11 Å². The molecule has 0 aliphatic rings. The van der Waals surface area contributed by atoms with E-state index in [0.717, 1.165) is 18.2 Å². The molecule has 98 valence electrons. The van der Waals surface area contributed by atoms with Crippen molar-refractivity contribution in [2.24, 2.45) is 5.73 Å². The Labute approximate surface area is 103 Å². The standard InChI is InChI=1S/C11H13FN2O4/c1-18-5-8(13)10(15)14-9-4-6(12)2-3-7(9)11(16)17/h2-4,8H,5,13H2,1H3,(H,14,15)(H,16,17). The molecule has 1 rings (SSSR count). The van der Waals surface area contributed by atoms with Gasteiger partial charge >= 0.3 is 5.97 Å². The highest BCUT2D eigenvalue weighted by Crippen LogP contribution is 2.17. The molecule has 1 aromatic rings. The van der Waals surface area contributed by atoms with Crippen molar-refractivity contribution in [2.45, 2.75) is 6.04 Å². The summed E-state index contributed by atoms with van der Waals surface area (Å²) in [4.78, 5) is 22.4. The average molecular weight is 256 g/mol. The Morgan fingerprint density at radius 2 is 2.22 bits per heavy atom. The highest BCUT2D eigenvalue weighted by molar-refractivity contribution is 6.02. The van der Waals surface area contributed by atoms with Crippen molar-refractivity contribution in [3.05, 3.63) is 29.6 Å². The number of carboxylic acids is 1. The molecule has 0 spiro atoms. The van der Waals surface area contributed by atoms with Crippen LogP contribution in [0.4, 0.5) is 10.1 Å². The van der Waals surface area contributed by atoms with Gasteiger partial charge in [0.2, 0.25) is 5.91 Å². The molecule has 0 heterocycles. The number of hydrogen-bond donors (Lipinski definition) is 3. The van der Waals surface area contributed by atoms with Crippen LogP contribution in [0.25, 0.3) is 0 Å². The molecule has 0 aliphatic carbocycles. The molecule has 7 heteroatoms. The largest absolute Gasteiger partial charge is 0.478 e. The quantitative estimate of drug-likeness (QED) is 0.709. The molecule has 1 atom stereocenters. The van der Waals surface area contributed by atoms with E-state index in [-0.39, 0.29) is 17.9 Å². The lowest BCUT2D eigenvalue weighted by Gasteiger charge is -2.12.